The molecular weight excluding hydrogens is 338 g/mol. The molecule has 0 radical (unpaired) electrons. The van der Waals surface area contributed by atoms with E-state index in [0.29, 0.717) is 18.4 Å². The number of rotatable bonds is 1. The Bertz CT molecular complexity index is 714. The van der Waals surface area contributed by atoms with E-state index in [1.807, 2.05) is 18.2 Å². The van der Waals surface area contributed by atoms with E-state index in [-0.39, 0.29) is 12.0 Å². The van der Waals surface area contributed by atoms with E-state index in [4.69, 9.17) is 0 Å². The summed E-state index contributed by atoms with van der Waals surface area (Å²) < 4.78 is 29.4. The predicted octanol–water partition coefficient (Wildman–Crippen LogP) is 4.41. The lowest BCUT2D eigenvalue weighted by molar-refractivity contribution is 0.0151. The van der Waals surface area contributed by atoms with Crippen molar-refractivity contribution >= 4 is 15.9 Å². The third-order valence-electron chi connectivity index (χ3n) is 4.21. The molecule has 0 amide bonds. The lowest BCUT2D eigenvalue weighted by Crippen LogP contribution is -2.35. The standard InChI is InChI=1S/C17H15BrF2O/c1-10-2-5-14(19)15(16(10)20)17(21)7-6-11-8-13(18)4-3-12(11)9-17/h2-5,8,21H,6-7,9H2,1H3. The molecule has 0 fully saturated rings. The Labute approximate surface area is 130 Å². The summed E-state index contributed by atoms with van der Waals surface area (Å²) in [5, 5.41) is 10.9. The molecule has 1 unspecified atom stereocenters. The van der Waals surface area contributed by atoms with Gasteiger partial charge in [-0.2, -0.15) is 0 Å². The molecule has 0 heterocycles. The van der Waals surface area contributed by atoms with Gasteiger partial charge in [0, 0.05) is 10.9 Å². The van der Waals surface area contributed by atoms with Crippen LogP contribution < -0.4 is 0 Å². The fourth-order valence-corrected chi connectivity index (χ4v) is 3.45. The molecular formula is C17H15BrF2O. The van der Waals surface area contributed by atoms with Crippen LogP contribution in [0.3, 0.4) is 0 Å². The summed E-state index contributed by atoms with van der Waals surface area (Å²) in [7, 11) is 0. The maximum absolute atomic E-state index is 14.3. The highest BCUT2D eigenvalue weighted by atomic mass is 79.9. The summed E-state index contributed by atoms with van der Waals surface area (Å²) in [5.74, 6) is -1.32. The van der Waals surface area contributed by atoms with Crippen LogP contribution in [0, 0.1) is 18.6 Å². The molecule has 110 valence electrons. The van der Waals surface area contributed by atoms with Crippen molar-refractivity contribution in [2.24, 2.45) is 0 Å². The molecule has 1 aliphatic carbocycles. The molecule has 0 spiro atoms. The maximum atomic E-state index is 14.3. The molecule has 0 aromatic heterocycles. The van der Waals surface area contributed by atoms with Gasteiger partial charge in [0.2, 0.25) is 0 Å². The quantitative estimate of drug-likeness (QED) is 0.805. The van der Waals surface area contributed by atoms with E-state index >= 15 is 0 Å². The van der Waals surface area contributed by atoms with Crippen LogP contribution in [-0.2, 0) is 18.4 Å². The average Bonchev–Trinajstić information content (AvgIpc) is 2.44. The van der Waals surface area contributed by atoms with E-state index < -0.39 is 17.2 Å². The second kappa shape index (κ2) is 5.18. The minimum Gasteiger partial charge on any atom is -0.385 e. The van der Waals surface area contributed by atoms with Gasteiger partial charge in [0.05, 0.1) is 11.2 Å². The normalized spacial score (nSPS) is 21.2. The summed E-state index contributed by atoms with van der Waals surface area (Å²) >= 11 is 3.41. The summed E-state index contributed by atoms with van der Waals surface area (Å²) in [4.78, 5) is 0. The second-order valence-electron chi connectivity index (χ2n) is 5.67. The summed E-state index contributed by atoms with van der Waals surface area (Å²) in [6.45, 7) is 1.58. The predicted molar refractivity (Wildman–Crippen MR) is 81.2 cm³/mol. The first kappa shape index (κ1) is 14.7. The van der Waals surface area contributed by atoms with Gasteiger partial charge in [0.15, 0.2) is 0 Å². The Morgan fingerprint density at radius 1 is 1.14 bits per heavy atom. The number of halogens is 3. The molecule has 0 aliphatic heterocycles. The third kappa shape index (κ3) is 2.51. The fraction of sp³-hybridized carbons (Fsp3) is 0.294. The fourth-order valence-electron chi connectivity index (χ4n) is 3.04. The summed E-state index contributed by atoms with van der Waals surface area (Å²) in [6.07, 6.45) is 1.14. The number of hydrogen-bond acceptors (Lipinski definition) is 1. The molecule has 4 heteroatoms. The number of benzene rings is 2. The van der Waals surface area contributed by atoms with Gasteiger partial charge in [0.1, 0.15) is 11.6 Å². The first-order valence-corrected chi connectivity index (χ1v) is 7.65. The highest BCUT2D eigenvalue weighted by Crippen LogP contribution is 2.40. The molecule has 0 bridgehead atoms. The van der Waals surface area contributed by atoms with E-state index in [9.17, 15) is 13.9 Å². The smallest absolute Gasteiger partial charge is 0.135 e. The van der Waals surface area contributed by atoms with Gasteiger partial charge in [-0.15, -0.1) is 0 Å². The third-order valence-corrected chi connectivity index (χ3v) is 4.70. The molecule has 21 heavy (non-hydrogen) atoms. The molecule has 0 saturated heterocycles. The van der Waals surface area contributed by atoms with Crippen LogP contribution in [0.15, 0.2) is 34.8 Å². The maximum Gasteiger partial charge on any atom is 0.135 e. The van der Waals surface area contributed by atoms with Gasteiger partial charge < -0.3 is 5.11 Å². The summed E-state index contributed by atoms with van der Waals surface area (Å²) in [6, 6.07) is 8.40. The van der Waals surface area contributed by atoms with Gasteiger partial charge >= 0.3 is 0 Å². The minimum absolute atomic E-state index is 0.198. The number of fused-ring (bicyclic) bond motifs is 1. The van der Waals surface area contributed by atoms with Gasteiger partial charge in [-0.1, -0.05) is 28.1 Å². The van der Waals surface area contributed by atoms with Gasteiger partial charge in [-0.3, -0.25) is 0 Å². The van der Waals surface area contributed by atoms with Gasteiger partial charge in [-0.05, 0) is 54.7 Å². The monoisotopic (exact) mass is 352 g/mol. The Hall–Kier alpha value is -1.26. The van der Waals surface area contributed by atoms with Gasteiger partial charge in [0.25, 0.3) is 0 Å². The molecule has 3 rings (SSSR count). The summed E-state index contributed by atoms with van der Waals surface area (Å²) in [5.41, 5.74) is 0.716. The van der Waals surface area contributed by atoms with Crippen molar-refractivity contribution in [2.75, 3.05) is 0 Å². The van der Waals surface area contributed by atoms with E-state index in [1.54, 1.807) is 6.92 Å². The van der Waals surface area contributed by atoms with E-state index in [0.717, 1.165) is 15.6 Å². The van der Waals surface area contributed by atoms with Gasteiger partial charge in [-0.25, -0.2) is 8.78 Å². The molecule has 2 aromatic rings. The van der Waals surface area contributed by atoms with Crippen molar-refractivity contribution in [3.05, 3.63) is 68.7 Å². The molecule has 1 atom stereocenters. The Balaban J connectivity index is 2.08. The molecule has 1 aliphatic rings. The lowest BCUT2D eigenvalue weighted by Gasteiger charge is -2.34. The van der Waals surface area contributed by atoms with Crippen molar-refractivity contribution in [3.63, 3.8) is 0 Å². The topological polar surface area (TPSA) is 20.2 Å². The van der Waals surface area contributed by atoms with Crippen LogP contribution >= 0.6 is 15.9 Å². The largest absolute Gasteiger partial charge is 0.385 e. The Morgan fingerprint density at radius 3 is 2.67 bits per heavy atom. The van der Waals surface area contributed by atoms with Crippen LogP contribution in [0.5, 0.6) is 0 Å². The highest BCUT2D eigenvalue weighted by Gasteiger charge is 2.38. The average molecular weight is 353 g/mol. The van der Waals surface area contributed by atoms with Crippen molar-refractivity contribution in [3.8, 4) is 0 Å². The minimum atomic E-state index is -1.49. The number of aryl methyl sites for hydroxylation is 2. The van der Waals surface area contributed by atoms with Crippen molar-refractivity contribution in [1.82, 2.24) is 0 Å². The zero-order valence-electron chi connectivity index (χ0n) is 11.6. The van der Waals surface area contributed by atoms with Crippen molar-refractivity contribution < 1.29 is 13.9 Å². The number of aliphatic hydroxyl groups is 1. The van der Waals surface area contributed by atoms with E-state index in [1.165, 1.54) is 12.1 Å². The van der Waals surface area contributed by atoms with Crippen LogP contribution in [0.1, 0.15) is 28.7 Å². The first-order valence-electron chi connectivity index (χ1n) is 6.85. The zero-order chi connectivity index (χ0) is 15.2. The lowest BCUT2D eigenvalue weighted by atomic mass is 9.76. The van der Waals surface area contributed by atoms with E-state index in [2.05, 4.69) is 15.9 Å². The Morgan fingerprint density at radius 2 is 1.90 bits per heavy atom. The molecule has 2 aromatic carbocycles. The SMILES string of the molecule is Cc1ccc(F)c(C2(O)CCc3cc(Br)ccc3C2)c1F. The highest BCUT2D eigenvalue weighted by molar-refractivity contribution is 9.10. The van der Waals surface area contributed by atoms with Crippen LogP contribution in [-0.4, -0.2) is 5.11 Å². The van der Waals surface area contributed by atoms with Crippen molar-refractivity contribution in [2.45, 2.75) is 31.8 Å². The molecule has 1 N–H and O–H groups in total. The van der Waals surface area contributed by atoms with Crippen molar-refractivity contribution in [1.29, 1.82) is 0 Å². The first-order chi connectivity index (χ1) is 9.90. The van der Waals surface area contributed by atoms with Crippen LogP contribution in [0.2, 0.25) is 0 Å². The molecule has 0 saturated carbocycles. The molecule has 1 nitrogen and oxygen atoms in total. The Kier molecular flexibility index (Phi) is 3.62. The van der Waals surface area contributed by atoms with Crippen LogP contribution in [0.4, 0.5) is 8.78 Å². The second-order valence-corrected chi connectivity index (χ2v) is 6.59. The number of hydrogen-bond donors (Lipinski definition) is 1. The zero-order valence-corrected chi connectivity index (χ0v) is 13.2. The van der Waals surface area contributed by atoms with Crippen LogP contribution in [0.25, 0.3) is 0 Å².